The molecule has 4 heteroatoms. The number of aromatic nitrogens is 2. The molecule has 0 amide bonds. The SMILES string of the molecule is Cn1c(=O)nc(-c2ccccc2)c2c(Cl)cccc21. The van der Waals surface area contributed by atoms with E-state index in [0.717, 1.165) is 16.5 Å². The van der Waals surface area contributed by atoms with Crippen molar-refractivity contribution in [3.05, 3.63) is 64.0 Å². The molecule has 0 bridgehead atoms. The highest BCUT2D eigenvalue weighted by atomic mass is 35.5. The van der Waals surface area contributed by atoms with E-state index in [4.69, 9.17) is 11.6 Å². The van der Waals surface area contributed by atoms with E-state index in [9.17, 15) is 4.79 Å². The van der Waals surface area contributed by atoms with Crippen LogP contribution < -0.4 is 5.69 Å². The molecule has 94 valence electrons. The average molecular weight is 271 g/mol. The van der Waals surface area contributed by atoms with Crippen molar-refractivity contribution in [3.8, 4) is 11.3 Å². The maximum Gasteiger partial charge on any atom is 0.348 e. The number of hydrogen-bond acceptors (Lipinski definition) is 2. The predicted molar refractivity (Wildman–Crippen MR) is 77.4 cm³/mol. The predicted octanol–water partition coefficient (Wildman–Crippen LogP) is 3.25. The van der Waals surface area contributed by atoms with E-state index in [-0.39, 0.29) is 5.69 Å². The lowest BCUT2D eigenvalue weighted by atomic mass is 10.1. The second-order valence-electron chi connectivity index (χ2n) is 4.30. The lowest BCUT2D eigenvalue weighted by Gasteiger charge is -2.10. The minimum absolute atomic E-state index is 0.284. The smallest absolute Gasteiger partial charge is 0.295 e. The Morgan fingerprint density at radius 1 is 1.05 bits per heavy atom. The summed E-state index contributed by atoms with van der Waals surface area (Å²) in [5.41, 5.74) is 2.02. The van der Waals surface area contributed by atoms with Crippen LogP contribution in [0.1, 0.15) is 0 Å². The summed E-state index contributed by atoms with van der Waals surface area (Å²) in [6.07, 6.45) is 0. The second kappa shape index (κ2) is 4.52. The number of benzene rings is 2. The average Bonchev–Trinajstić information content (AvgIpc) is 2.44. The summed E-state index contributed by atoms with van der Waals surface area (Å²) in [7, 11) is 1.70. The van der Waals surface area contributed by atoms with Crippen LogP contribution in [0.5, 0.6) is 0 Å². The molecule has 0 spiro atoms. The first-order valence-corrected chi connectivity index (χ1v) is 6.27. The minimum atomic E-state index is -0.284. The van der Waals surface area contributed by atoms with Crippen molar-refractivity contribution >= 4 is 22.5 Å². The van der Waals surface area contributed by atoms with Gasteiger partial charge in [0.15, 0.2) is 0 Å². The van der Waals surface area contributed by atoms with Crippen LogP contribution in [0.3, 0.4) is 0 Å². The Hall–Kier alpha value is -2.13. The van der Waals surface area contributed by atoms with Gasteiger partial charge in [-0.05, 0) is 12.1 Å². The number of halogens is 1. The van der Waals surface area contributed by atoms with E-state index >= 15 is 0 Å². The number of rotatable bonds is 1. The molecule has 3 rings (SSSR count). The number of fused-ring (bicyclic) bond motifs is 1. The van der Waals surface area contributed by atoms with E-state index in [1.54, 1.807) is 7.05 Å². The summed E-state index contributed by atoms with van der Waals surface area (Å²) in [6, 6.07) is 15.1. The molecule has 1 aromatic heterocycles. The molecule has 19 heavy (non-hydrogen) atoms. The van der Waals surface area contributed by atoms with Gasteiger partial charge in [-0.3, -0.25) is 4.57 Å². The molecule has 0 fully saturated rings. The number of hydrogen-bond donors (Lipinski definition) is 0. The van der Waals surface area contributed by atoms with Gasteiger partial charge in [-0.15, -0.1) is 0 Å². The number of nitrogens with zero attached hydrogens (tertiary/aromatic N) is 2. The van der Waals surface area contributed by atoms with Gasteiger partial charge in [-0.2, -0.15) is 4.98 Å². The Bertz CT molecular complexity index is 809. The summed E-state index contributed by atoms with van der Waals surface area (Å²) >= 11 is 6.28. The molecule has 0 aliphatic carbocycles. The van der Waals surface area contributed by atoms with Crippen LogP contribution in [-0.2, 0) is 7.05 Å². The fraction of sp³-hybridized carbons (Fsp3) is 0.0667. The van der Waals surface area contributed by atoms with Crippen LogP contribution in [0.2, 0.25) is 5.02 Å². The van der Waals surface area contributed by atoms with Crippen molar-refractivity contribution in [1.82, 2.24) is 9.55 Å². The first-order valence-electron chi connectivity index (χ1n) is 5.89. The van der Waals surface area contributed by atoms with E-state index < -0.39 is 0 Å². The molecular formula is C15H11ClN2O. The minimum Gasteiger partial charge on any atom is -0.295 e. The first-order chi connectivity index (χ1) is 9.18. The molecule has 3 nitrogen and oxygen atoms in total. The van der Waals surface area contributed by atoms with Gasteiger partial charge < -0.3 is 0 Å². The van der Waals surface area contributed by atoms with Gasteiger partial charge in [0.05, 0.1) is 16.2 Å². The standard InChI is InChI=1S/C15H11ClN2O/c1-18-12-9-5-8-11(16)13(12)14(17-15(18)19)10-6-3-2-4-7-10/h2-9H,1H3. The lowest BCUT2D eigenvalue weighted by Crippen LogP contribution is -2.21. The molecule has 0 saturated carbocycles. The van der Waals surface area contributed by atoms with Crippen molar-refractivity contribution in [1.29, 1.82) is 0 Å². The molecule has 0 unspecified atom stereocenters. The fourth-order valence-electron chi connectivity index (χ4n) is 2.16. The zero-order chi connectivity index (χ0) is 13.4. The Balaban J connectivity index is 2.50. The highest BCUT2D eigenvalue weighted by molar-refractivity contribution is 6.36. The van der Waals surface area contributed by atoms with Crippen molar-refractivity contribution in [2.75, 3.05) is 0 Å². The molecule has 1 heterocycles. The van der Waals surface area contributed by atoms with Crippen molar-refractivity contribution in [2.24, 2.45) is 7.05 Å². The van der Waals surface area contributed by atoms with E-state index in [2.05, 4.69) is 4.98 Å². The van der Waals surface area contributed by atoms with Crippen LogP contribution in [-0.4, -0.2) is 9.55 Å². The van der Waals surface area contributed by atoms with Crippen molar-refractivity contribution in [3.63, 3.8) is 0 Å². The van der Waals surface area contributed by atoms with Crippen LogP contribution >= 0.6 is 11.6 Å². The van der Waals surface area contributed by atoms with E-state index in [1.807, 2.05) is 48.5 Å². The Morgan fingerprint density at radius 3 is 2.53 bits per heavy atom. The summed E-state index contributed by atoms with van der Waals surface area (Å²) in [6.45, 7) is 0. The molecule has 0 aliphatic heterocycles. The van der Waals surface area contributed by atoms with Gasteiger partial charge >= 0.3 is 5.69 Å². The first kappa shape index (κ1) is 11.9. The quantitative estimate of drug-likeness (QED) is 0.680. The van der Waals surface area contributed by atoms with Crippen LogP contribution in [0, 0.1) is 0 Å². The van der Waals surface area contributed by atoms with Crippen LogP contribution in [0.25, 0.3) is 22.2 Å². The van der Waals surface area contributed by atoms with Gasteiger partial charge in [0.25, 0.3) is 0 Å². The molecule has 2 aromatic carbocycles. The van der Waals surface area contributed by atoms with E-state index in [0.29, 0.717) is 10.7 Å². The van der Waals surface area contributed by atoms with Crippen LogP contribution in [0.15, 0.2) is 53.3 Å². The molecule has 0 radical (unpaired) electrons. The second-order valence-corrected chi connectivity index (χ2v) is 4.71. The normalized spacial score (nSPS) is 10.8. The molecule has 0 aliphatic rings. The summed E-state index contributed by atoms with van der Waals surface area (Å²) in [5.74, 6) is 0. The zero-order valence-electron chi connectivity index (χ0n) is 10.3. The fourth-order valence-corrected chi connectivity index (χ4v) is 2.42. The third kappa shape index (κ3) is 1.92. The largest absolute Gasteiger partial charge is 0.348 e. The summed E-state index contributed by atoms with van der Waals surface area (Å²) < 4.78 is 1.51. The Labute approximate surface area is 115 Å². The lowest BCUT2D eigenvalue weighted by molar-refractivity contribution is 0.855. The van der Waals surface area contributed by atoms with Gasteiger partial charge in [0.1, 0.15) is 0 Å². The molecular weight excluding hydrogens is 260 g/mol. The Morgan fingerprint density at radius 2 is 1.79 bits per heavy atom. The highest BCUT2D eigenvalue weighted by Gasteiger charge is 2.12. The topological polar surface area (TPSA) is 34.9 Å². The molecule has 0 saturated heterocycles. The number of aryl methyl sites for hydroxylation is 1. The maximum atomic E-state index is 11.9. The third-order valence-electron chi connectivity index (χ3n) is 3.13. The van der Waals surface area contributed by atoms with Gasteiger partial charge in [-0.1, -0.05) is 48.0 Å². The van der Waals surface area contributed by atoms with Crippen LogP contribution in [0.4, 0.5) is 0 Å². The molecule has 3 aromatic rings. The maximum absolute atomic E-state index is 11.9. The van der Waals surface area contributed by atoms with E-state index in [1.165, 1.54) is 4.57 Å². The third-order valence-corrected chi connectivity index (χ3v) is 3.45. The molecule has 0 atom stereocenters. The van der Waals surface area contributed by atoms with Gasteiger partial charge in [-0.25, -0.2) is 4.79 Å². The summed E-state index contributed by atoms with van der Waals surface area (Å²) in [5, 5.41) is 1.40. The summed E-state index contributed by atoms with van der Waals surface area (Å²) in [4.78, 5) is 16.1. The van der Waals surface area contributed by atoms with Crippen molar-refractivity contribution < 1.29 is 0 Å². The van der Waals surface area contributed by atoms with Gasteiger partial charge in [0, 0.05) is 18.0 Å². The Kier molecular flexibility index (Phi) is 2.84. The molecule has 0 N–H and O–H groups in total. The van der Waals surface area contributed by atoms with Gasteiger partial charge in [0.2, 0.25) is 0 Å². The zero-order valence-corrected chi connectivity index (χ0v) is 11.1. The monoisotopic (exact) mass is 270 g/mol. The highest BCUT2D eigenvalue weighted by Crippen LogP contribution is 2.30. The van der Waals surface area contributed by atoms with Crippen molar-refractivity contribution in [2.45, 2.75) is 0 Å².